The number of rotatable bonds is 14. The lowest BCUT2D eigenvalue weighted by Crippen LogP contribution is -2.51. The Labute approximate surface area is 232 Å². The van der Waals surface area contributed by atoms with Gasteiger partial charge in [0.1, 0.15) is 0 Å². The van der Waals surface area contributed by atoms with Gasteiger partial charge in [-0.1, -0.05) is 32.4 Å². The minimum absolute atomic E-state index is 0.0939. The van der Waals surface area contributed by atoms with Crippen molar-refractivity contribution in [2.75, 3.05) is 39.3 Å². The third-order valence-corrected chi connectivity index (χ3v) is 11.5. The lowest BCUT2D eigenvalue weighted by molar-refractivity contribution is -0.129. The van der Waals surface area contributed by atoms with E-state index in [0.29, 0.717) is 11.3 Å². The normalized spacial score (nSPS) is 37.1. The second-order valence-electron chi connectivity index (χ2n) is 13.7. The molecule has 6 N–H and O–H groups in total. The smallest absolute Gasteiger partial charge is 0.223 e. The van der Waals surface area contributed by atoms with Crippen molar-refractivity contribution in [3.63, 3.8) is 0 Å². The van der Waals surface area contributed by atoms with E-state index in [4.69, 9.17) is 5.73 Å². The van der Waals surface area contributed by atoms with Gasteiger partial charge in [0.25, 0.3) is 0 Å². The number of fused-ring (bicyclic) bond motifs is 5. The number of carbonyl (C=O) groups is 1. The van der Waals surface area contributed by atoms with E-state index in [1.807, 2.05) is 0 Å². The molecule has 3 fully saturated rings. The third kappa shape index (κ3) is 6.50. The number of nitrogens with one attached hydrogen (secondary N) is 3. The first-order valence-electron chi connectivity index (χ1n) is 16.1. The van der Waals surface area contributed by atoms with E-state index in [2.05, 4.69) is 42.8 Å². The number of nitrogens with two attached hydrogens (primary N) is 1. The molecule has 4 rings (SSSR count). The lowest BCUT2D eigenvalue weighted by atomic mass is 9.47. The van der Waals surface area contributed by atoms with E-state index in [0.717, 1.165) is 89.1 Å². The first-order chi connectivity index (χ1) is 18.3. The Morgan fingerprint density at radius 3 is 2.42 bits per heavy atom. The minimum Gasteiger partial charge on any atom is -0.393 e. The van der Waals surface area contributed by atoms with Crippen molar-refractivity contribution in [2.45, 2.75) is 104 Å². The predicted molar refractivity (Wildman–Crippen MR) is 157 cm³/mol. The summed E-state index contributed by atoms with van der Waals surface area (Å²) < 4.78 is 0. The summed E-state index contributed by atoms with van der Waals surface area (Å²) >= 11 is 0. The summed E-state index contributed by atoms with van der Waals surface area (Å²) in [6.07, 6.45) is 16.0. The average molecular weight is 531 g/mol. The van der Waals surface area contributed by atoms with Crippen LogP contribution in [0.4, 0.5) is 0 Å². The van der Waals surface area contributed by atoms with Gasteiger partial charge in [0.2, 0.25) is 5.91 Å². The molecule has 0 aromatic heterocycles. The van der Waals surface area contributed by atoms with E-state index in [1.54, 1.807) is 5.57 Å². The molecule has 0 radical (unpaired) electrons. The van der Waals surface area contributed by atoms with Gasteiger partial charge in [0.05, 0.1) is 6.10 Å². The van der Waals surface area contributed by atoms with Gasteiger partial charge in [-0.25, -0.2) is 0 Å². The quantitative estimate of drug-likeness (QED) is 0.170. The minimum atomic E-state index is -0.134. The van der Waals surface area contributed by atoms with Crippen molar-refractivity contribution in [1.29, 1.82) is 0 Å². The number of allylic oxidation sites excluding steroid dienone is 1. The van der Waals surface area contributed by atoms with Crippen molar-refractivity contribution < 1.29 is 9.90 Å². The van der Waals surface area contributed by atoms with Crippen LogP contribution in [0.15, 0.2) is 11.6 Å². The van der Waals surface area contributed by atoms with Gasteiger partial charge in [-0.3, -0.25) is 4.79 Å². The predicted octanol–water partition coefficient (Wildman–Crippen LogP) is 4.38. The molecule has 0 aromatic carbocycles. The second-order valence-corrected chi connectivity index (χ2v) is 13.7. The molecule has 218 valence electrons. The Morgan fingerprint density at radius 1 is 0.974 bits per heavy atom. The molecule has 0 bridgehead atoms. The van der Waals surface area contributed by atoms with Gasteiger partial charge < -0.3 is 26.8 Å². The van der Waals surface area contributed by atoms with Gasteiger partial charge in [-0.2, -0.15) is 0 Å². The van der Waals surface area contributed by atoms with Crippen molar-refractivity contribution in [1.82, 2.24) is 16.0 Å². The van der Waals surface area contributed by atoms with E-state index in [9.17, 15) is 9.90 Å². The van der Waals surface area contributed by atoms with Crippen LogP contribution in [-0.4, -0.2) is 56.4 Å². The van der Waals surface area contributed by atoms with Crippen molar-refractivity contribution in [3.05, 3.63) is 11.6 Å². The molecule has 0 unspecified atom stereocenters. The fourth-order valence-electron chi connectivity index (χ4n) is 9.25. The summed E-state index contributed by atoms with van der Waals surface area (Å²) in [7, 11) is 0. The first-order valence-corrected chi connectivity index (χ1v) is 16.1. The molecule has 3 saturated carbocycles. The standard InChI is InChI=1S/C32H58N4O2/c1-23(30(38)36-21-7-20-35-18-5-4-17-34-19-6-16-33)27-10-11-28-26-9-8-24-22-25(37)12-14-31(24,2)29(26)13-15-32(27,28)3/h8,23,25-29,34-35,37H,4-7,9-22,33H2,1-3H3,(H,36,38)/t23-,25-,26-,27+,28-,29-,31-,32+/m0/s1. The van der Waals surface area contributed by atoms with Crippen molar-refractivity contribution in [3.8, 4) is 0 Å². The number of amides is 1. The lowest BCUT2D eigenvalue weighted by Gasteiger charge is -2.58. The highest BCUT2D eigenvalue weighted by molar-refractivity contribution is 5.78. The van der Waals surface area contributed by atoms with Crippen LogP contribution in [0.25, 0.3) is 0 Å². The number of hydrogen-bond donors (Lipinski definition) is 5. The van der Waals surface area contributed by atoms with Gasteiger partial charge >= 0.3 is 0 Å². The van der Waals surface area contributed by atoms with Crippen LogP contribution in [0.1, 0.15) is 97.8 Å². The van der Waals surface area contributed by atoms with E-state index < -0.39 is 0 Å². The van der Waals surface area contributed by atoms with Gasteiger partial charge in [-0.05, 0) is 144 Å². The summed E-state index contributed by atoms with van der Waals surface area (Å²) in [5, 5.41) is 20.5. The van der Waals surface area contributed by atoms with Crippen LogP contribution < -0.4 is 21.7 Å². The molecule has 0 aromatic rings. The van der Waals surface area contributed by atoms with Crippen LogP contribution in [0.5, 0.6) is 0 Å². The molecule has 0 saturated heterocycles. The molecule has 6 nitrogen and oxygen atoms in total. The maximum Gasteiger partial charge on any atom is 0.223 e. The highest BCUT2D eigenvalue weighted by atomic mass is 16.3. The highest BCUT2D eigenvalue weighted by Crippen LogP contribution is 2.67. The number of hydrogen-bond acceptors (Lipinski definition) is 5. The van der Waals surface area contributed by atoms with Gasteiger partial charge in [-0.15, -0.1) is 0 Å². The van der Waals surface area contributed by atoms with Crippen LogP contribution in [0, 0.1) is 40.4 Å². The Kier molecular flexibility index (Phi) is 10.7. The zero-order valence-corrected chi connectivity index (χ0v) is 24.7. The van der Waals surface area contributed by atoms with E-state index in [-0.39, 0.29) is 23.3 Å². The summed E-state index contributed by atoms with van der Waals surface area (Å²) in [5.74, 6) is 3.11. The topological polar surface area (TPSA) is 99.4 Å². The number of aliphatic hydroxyl groups is 1. The number of unbranched alkanes of at least 4 members (excludes halogenated alkanes) is 1. The Bertz CT molecular complexity index is 802. The van der Waals surface area contributed by atoms with Gasteiger partial charge in [0, 0.05) is 12.5 Å². The second kappa shape index (κ2) is 13.6. The van der Waals surface area contributed by atoms with Crippen LogP contribution in [0.3, 0.4) is 0 Å². The summed E-state index contributed by atoms with van der Waals surface area (Å²) in [4.78, 5) is 13.2. The Hall–Kier alpha value is -0.950. The zero-order valence-electron chi connectivity index (χ0n) is 24.7. The zero-order chi connectivity index (χ0) is 27.2. The van der Waals surface area contributed by atoms with Crippen LogP contribution >= 0.6 is 0 Å². The first kappa shape index (κ1) is 30.0. The maximum absolute atomic E-state index is 13.2. The van der Waals surface area contributed by atoms with Crippen LogP contribution in [-0.2, 0) is 4.79 Å². The molecular weight excluding hydrogens is 472 g/mol. The molecule has 38 heavy (non-hydrogen) atoms. The molecule has 0 heterocycles. The maximum atomic E-state index is 13.2. The molecule has 6 heteroatoms. The summed E-state index contributed by atoms with van der Waals surface area (Å²) in [6, 6.07) is 0. The monoisotopic (exact) mass is 530 g/mol. The molecule has 4 aliphatic rings. The number of carbonyl (C=O) groups excluding carboxylic acids is 1. The van der Waals surface area contributed by atoms with E-state index in [1.165, 1.54) is 44.9 Å². The van der Waals surface area contributed by atoms with Crippen LogP contribution in [0.2, 0.25) is 0 Å². The fraction of sp³-hybridized carbons (Fsp3) is 0.906. The van der Waals surface area contributed by atoms with Crippen molar-refractivity contribution >= 4 is 5.91 Å². The molecule has 4 aliphatic carbocycles. The Morgan fingerprint density at radius 2 is 1.68 bits per heavy atom. The average Bonchev–Trinajstić information content (AvgIpc) is 3.26. The number of aliphatic hydroxyl groups excluding tert-OH is 1. The highest BCUT2D eigenvalue weighted by Gasteiger charge is 2.59. The largest absolute Gasteiger partial charge is 0.393 e. The molecule has 0 aliphatic heterocycles. The molecule has 8 atom stereocenters. The van der Waals surface area contributed by atoms with E-state index >= 15 is 0 Å². The molecule has 1 amide bonds. The third-order valence-electron chi connectivity index (χ3n) is 11.5. The fourth-order valence-corrected chi connectivity index (χ4v) is 9.25. The van der Waals surface area contributed by atoms with Crippen molar-refractivity contribution in [2.24, 2.45) is 46.2 Å². The summed E-state index contributed by atoms with van der Waals surface area (Å²) in [5.41, 5.74) is 7.64. The van der Waals surface area contributed by atoms with Gasteiger partial charge in [0.15, 0.2) is 0 Å². The SMILES string of the molecule is C[C@H](C(=O)NCCCNCCCCNCCCN)[C@H]1CC[C@H]2[C@@H]3CC=C4C[C@@H](O)CC[C@]4(C)[C@H]3CC[C@]12C. The molecule has 0 spiro atoms. The summed E-state index contributed by atoms with van der Waals surface area (Å²) in [6.45, 7) is 12.9. The molecular formula is C32H58N4O2. The Balaban J connectivity index is 1.18.